The summed E-state index contributed by atoms with van der Waals surface area (Å²) < 4.78 is 10.2. The minimum atomic E-state index is -1.03. The van der Waals surface area contributed by atoms with Crippen LogP contribution in [-0.4, -0.2) is 30.6 Å². The van der Waals surface area contributed by atoms with Gasteiger partial charge in [-0.1, -0.05) is 0 Å². The van der Waals surface area contributed by atoms with Crippen LogP contribution in [0.4, 0.5) is 0 Å². The zero-order valence-electron chi connectivity index (χ0n) is 7.16. The number of hydrogen-bond acceptors (Lipinski definition) is 4. The number of aliphatic imine (C=N–C) groups is 1. The van der Waals surface area contributed by atoms with Gasteiger partial charge in [0.15, 0.2) is 0 Å². The van der Waals surface area contributed by atoms with Crippen molar-refractivity contribution >= 4 is 12.2 Å². The van der Waals surface area contributed by atoms with Crippen molar-refractivity contribution in [3.05, 3.63) is 0 Å². The second-order valence-corrected chi connectivity index (χ2v) is 3.45. The van der Waals surface area contributed by atoms with Gasteiger partial charge < -0.3 is 9.47 Å². The van der Waals surface area contributed by atoms with Crippen molar-refractivity contribution < 1.29 is 14.3 Å². The van der Waals surface area contributed by atoms with Gasteiger partial charge >= 0.3 is 5.97 Å². The van der Waals surface area contributed by atoms with E-state index < -0.39 is 11.3 Å². The summed E-state index contributed by atoms with van der Waals surface area (Å²) in [6, 6.07) is 0. The van der Waals surface area contributed by atoms with E-state index in [1.54, 1.807) is 6.21 Å². The first-order valence-electron chi connectivity index (χ1n) is 3.95. The molecule has 3 rings (SSSR count). The van der Waals surface area contributed by atoms with Gasteiger partial charge in [-0.25, -0.2) is 9.79 Å². The number of hydrogen-bond donors (Lipinski definition) is 0. The SMILES string of the molecule is COC12CCC(C)(C=N1)OC2=O. The molecule has 0 aromatic carbocycles. The molecule has 66 valence electrons. The van der Waals surface area contributed by atoms with E-state index in [-0.39, 0.29) is 5.97 Å². The number of carbonyl (C=O) groups is 1. The normalized spacial score (nSPS) is 44.7. The van der Waals surface area contributed by atoms with Crippen LogP contribution in [0.25, 0.3) is 0 Å². The maximum absolute atomic E-state index is 11.4. The van der Waals surface area contributed by atoms with Crippen molar-refractivity contribution in [3.8, 4) is 0 Å². The van der Waals surface area contributed by atoms with Crippen molar-refractivity contribution in [1.82, 2.24) is 0 Å². The Hall–Kier alpha value is -0.900. The number of fused-ring (bicyclic) bond motifs is 2. The Morgan fingerprint density at radius 3 is 2.83 bits per heavy atom. The molecule has 3 heterocycles. The average Bonchev–Trinajstić information content (AvgIpc) is 2.05. The number of carbonyl (C=O) groups excluding carboxylic acids is 1. The molecule has 4 nitrogen and oxygen atoms in total. The van der Waals surface area contributed by atoms with Crippen molar-refractivity contribution in [2.45, 2.75) is 31.1 Å². The first-order chi connectivity index (χ1) is 5.60. The lowest BCUT2D eigenvalue weighted by Crippen LogP contribution is -2.56. The number of esters is 1. The highest BCUT2D eigenvalue weighted by Gasteiger charge is 2.53. The number of nitrogens with zero attached hydrogens (tertiary/aromatic N) is 1. The molecule has 0 aromatic rings. The molecule has 2 bridgehead atoms. The van der Waals surface area contributed by atoms with Gasteiger partial charge in [-0.2, -0.15) is 0 Å². The fourth-order valence-corrected chi connectivity index (χ4v) is 1.55. The van der Waals surface area contributed by atoms with E-state index in [4.69, 9.17) is 9.47 Å². The first kappa shape index (κ1) is 7.73. The van der Waals surface area contributed by atoms with Crippen molar-refractivity contribution in [3.63, 3.8) is 0 Å². The summed E-state index contributed by atoms with van der Waals surface area (Å²) in [4.78, 5) is 15.4. The Bertz CT molecular complexity index is 263. The third kappa shape index (κ3) is 0.813. The van der Waals surface area contributed by atoms with Crippen LogP contribution in [0.1, 0.15) is 19.8 Å². The molecule has 3 aliphatic rings. The van der Waals surface area contributed by atoms with Crippen molar-refractivity contribution in [2.24, 2.45) is 4.99 Å². The number of ether oxygens (including phenoxy) is 2. The van der Waals surface area contributed by atoms with Gasteiger partial charge in [0, 0.05) is 19.7 Å². The Balaban J connectivity index is 2.40. The maximum atomic E-state index is 11.4. The highest BCUT2D eigenvalue weighted by Crippen LogP contribution is 2.38. The number of methoxy groups -OCH3 is 1. The zero-order valence-corrected chi connectivity index (χ0v) is 7.16. The van der Waals surface area contributed by atoms with Gasteiger partial charge in [-0.05, 0) is 13.3 Å². The summed E-state index contributed by atoms with van der Waals surface area (Å²) in [5.41, 5.74) is -1.52. The van der Waals surface area contributed by atoms with E-state index in [9.17, 15) is 4.79 Å². The van der Waals surface area contributed by atoms with Crippen LogP contribution in [0.5, 0.6) is 0 Å². The van der Waals surface area contributed by atoms with E-state index in [2.05, 4.69) is 4.99 Å². The lowest BCUT2D eigenvalue weighted by molar-refractivity contribution is -0.194. The molecular weight excluding hydrogens is 158 g/mol. The van der Waals surface area contributed by atoms with Crippen LogP contribution in [0.2, 0.25) is 0 Å². The average molecular weight is 169 g/mol. The van der Waals surface area contributed by atoms with Crippen LogP contribution >= 0.6 is 0 Å². The standard InChI is InChI=1S/C8H11NO3/c1-7-3-4-8(11-2,9-5-7)6(10)12-7/h5H,3-4H2,1-2H3. The topological polar surface area (TPSA) is 47.9 Å². The molecule has 0 aliphatic carbocycles. The maximum Gasteiger partial charge on any atom is 0.362 e. The van der Waals surface area contributed by atoms with Crippen molar-refractivity contribution in [2.75, 3.05) is 7.11 Å². The molecule has 1 saturated heterocycles. The Morgan fingerprint density at radius 1 is 1.67 bits per heavy atom. The van der Waals surface area contributed by atoms with E-state index in [1.165, 1.54) is 7.11 Å². The van der Waals surface area contributed by atoms with E-state index in [1.807, 2.05) is 6.92 Å². The monoisotopic (exact) mass is 169 g/mol. The molecular formula is C8H11NO3. The summed E-state index contributed by atoms with van der Waals surface area (Å²) in [6.07, 6.45) is 3.08. The molecule has 0 spiro atoms. The minimum Gasteiger partial charge on any atom is -0.450 e. The fourth-order valence-electron chi connectivity index (χ4n) is 1.55. The Morgan fingerprint density at radius 2 is 2.42 bits per heavy atom. The van der Waals surface area contributed by atoms with E-state index in [0.717, 1.165) is 6.42 Å². The predicted octanol–water partition coefficient (Wildman–Crippen LogP) is 0.509. The summed E-state index contributed by atoms with van der Waals surface area (Å²) in [7, 11) is 1.48. The molecule has 0 radical (unpaired) electrons. The molecule has 1 fully saturated rings. The third-order valence-corrected chi connectivity index (χ3v) is 2.49. The molecule has 0 N–H and O–H groups in total. The zero-order chi connectivity index (χ0) is 8.82. The second kappa shape index (κ2) is 2.07. The highest BCUT2D eigenvalue weighted by molar-refractivity contribution is 5.90. The van der Waals surface area contributed by atoms with Gasteiger partial charge in [0.05, 0.1) is 0 Å². The quantitative estimate of drug-likeness (QED) is 0.537. The van der Waals surface area contributed by atoms with Crippen LogP contribution < -0.4 is 0 Å². The molecule has 0 saturated carbocycles. The summed E-state index contributed by atoms with van der Waals surface area (Å²) >= 11 is 0. The van der Waals surface area contributed by atoms with Gasteiger partial charge in [0.2, 0.25) is 0 Å². The largest absolute Gasteiger partial charge is 0.450 e. The smallest absolute Gasteiger partial charge is 0.362 e. The Kier molecular flexibility index (Phi) is 1.33. The molecule has 3 aliphatic heterocycles. The molecule has 12 heavy (non-hydrogen) atoms. The fraction of sp³-hybridized carbons (Fsp3) is 0.750. The van der Waals surface area contributed by atoms with E-state index >= 15 is 0 Å². The molecule has 2 atom stereocenters. The molecule has 4 heteroatoms. The van der Waals surface area contributed by atoms with Crippen LogP contribution in [-0.2, 0) is 14.3 Å². The lowest BCUT2D eigenvalue weighted by atomic mass is 9.89. The van der Waals surface area contributed by atoms with Gasteiger partial charge in [0.1, 0.15) is 5.60 Å². The summed E-state index contributed by atoms with van der Waals surface area (Å²) in [6.45, 7) is 1.85. The van der Waals surface area contributed by atoms with Crippen LogP contribution in [0.15, 0.2) is 4.99 Å². The van der Waals surface area contributed by atoms with Crippen LogP contribution in [0, 0.1) is 0 Å². The highest BCUT2D eigenvalue weighted by atomic mass is 16.6. The van der Waals surface area contributed by atoms with Gasteiger partial charge in [-0.15, -0.1) is 0 Å². The predicted molar refractivity (Wildman–Crippen MR) is 42.0 cm³/mol. The first-order valence-corrected chi connectivity index (χ1v) is 3.95. The van der Waals surface area contributed by atoms with Crippen molar-refractivity contribution in [1.29, 1.82) is 0 Å². The number of rotatable bonds is 1. The summed E-state index contributed by atoms with van der Waals surface area (Å²) in [5, 5.41) is 0. The third-order valence-electron chi connectivity index (χ3n) is 2.49. The second-order valence-electron chi connectivity index (χ2n) is 3.45. The minimum absolute atomic E-state index is 0.360. The lowest BCUT2D eigenvalue weighted by Gasteiger charge is -2.43. The summed E-state index contributed by atoms with van der Waals surface area (Å²) in [5.74, 6) is -0.360. The van der Waals surface area contributed by atoms with Gasteiger partial charge in [-0.3, -0.25) is 0 Å². The molecule has 2 unspecified atom stereocenters. The molecule has 0 aromatic heterocycles. The van der Waals surface area contributed by atoms with E-state index in [0.29, 0.717) is 6.42 Å². The molecule has 0 amide bonds. The Labute approximate surface area is 70.6 Å². The van der Waals surface area contributed by atoms with Gasteiger partial charge in [0.25, 0.3) is 5.72 Å². The van der Waals surface area contributed by atoms with Crippen LogP contribution in [0.3, 0.4) is 0 Å².